The van der Waals surface area contributed by atoms with Gasteiger partial charge in [0.05, 0.1) is 5.56 Å². The van der Waals surface area contributed by atoms with Crippen molar-refractivity contribution in [1.29, 1.82) is 0 Å². The third kappa shape index (κ3) is 3.81. The van der Waals surface area contributed by atoms with Gasteiger partial charge >= 0.3 is 12.0 Å². The molecule has 20 heavy (non-hydrogen) atoms. The summed E-state index contributed by atoms with van der Waals surface area (Å²) in [6, 6.07) is 11.7. The minimum Gasteiger partial charge on any atom is -0.478 e. The van der Waals surface area contributed by atoms with E-state index < -0.39 is 12.0 Å². The van der Waals surface area contributed by atoms with E-state index in [1.54, 1.807) is 0 Å². The zero-order valence-electron chi connectivity index (χ0n) is 10.5. The molecule has 0 aliphatic carbocycles. The number of pyridine rings is 1. The molecule has 0 saturated carbocycles. The zero-order chi connectivity index (χ0) is 14.4. The molecule has 0 bridgehead atoms. The number of aromatic nitrogens is 1. The number of rotatable bonds is 4. The summed E-state index contributed by atoms with van der Waals surface area (Å²) in [5.74, 6) is -0.879. The average Bonchev–Trinajstić information content (AvgIpc) is 2.46. The molecule has 0 fully saturated rings. The predicted octanol–water partition coefficient (Wildman–Crippen LogP) is 2.10. The summed E-state index contributed by atoms with van der Waals surface area (Å²) in [5.41, 5.74) is 1.04. The zero-order valence-corrected chi connectivity index (χ0v) is 10.5. The van der Waals surface area contributed by atoms with Crippen LogP contribution in [0, 0.1) is 0 Å². The SMILES string of the molecule is O=C(NCc1ccccc1)Nc1cc(C(=O)O)ccn1. The Bertz CT molecular complexity index is 614. The monoisotopic (exact) mass is 271 g/mol. The first-order valence-electron chi connectivity index (χ1n) is 5.93. The molecule has 0 atom stereocenters. The molecule has 0 unspecified atom stereocenters. The number of amides is 2. The Balaban J connectivity index is 1.91. The number of hydrogen-bond acceptors (Lipinski definition) is 3. The highest BCUT2D eigenvalue weighted by molar-refractivity contribution is 5.91. The first-order valence-corrected chi connectivity index (χ1v) is 5.93. The Hall–Kier alpha value is -2.89. The van der Waals surface area contributed by atoms with E-state index in [1.807, 2.05) is 30.3 Å². The van der Waals surface area contributed by atoms with Crippen molar-refractivity contribution in [2.75, 3.05) is 5.32 Å². The molecular formula is C14H13N3O3. The van der Waals surface area contributed by atoms with Crippen LogP contribution < -0.4 is 10.6 Å². The molecule has 0 saturated heterocycles. The first-order chi connectivity index (χ1) is 9.65. The van der Waals surface area contributed by atoms with Crippen LogP contribution in [0.3, 0.4) is 0 Å². The second-order valence-electron chi connectivity index (χ2n) is 4.03. The van der Waals surface area contributed by atoms with Gasteiger partial charge in [0.1, 0.15) is 5.82 Å². The van der Waals surface area contributed by atoms with Crippen LogP contribution in [0.25, 0.3) is 0 Å². The average molecular weight is 271 g/mol. The Labute approximate surface area is 115 Å². The number of nitrogens with one attached hydrogen (secondary N) is 2. The van der Waals surface area contributed by atoms with Gasteiger partial charge in [-0.05, 0) is 17.7 Å². The highest BCUT2D eigenvalue weighted by Crippen LogP contribution is 2.06. The van der Waals surface area contributed by atoms with E-state index in [0.29, 0.717) is 6.54 Å². The lowest BCUT2D eigenvalue weighted by Crippen LogP contribution is -2.28. The fraction of sp³-hybridized carbons (Fsp3) is 0.0714. The lowest BCUT2D eigenvalue weighted by atomic mass is 10.2. The van der Waals surface area contributed by atoms with Crippen LogP contribution in [-0.4, -0.2) is 22.1 Å². The van der Waals surface area contributed by atoms with E-state index in [1.165, 1.54) is 18.3 Å². The first kappa shape index (κ1) is 13.5. The molecular weight excluding hydrogens is 258 g/mol. The molecule has 6 nitrogen and oxygen atoms in total. The Morgan fingerprint density at radius 3 is 2.60 bits per heavy atom. The van der Waals surface area contributed by atoms with Crippen LogP contribution in [0.5, 0.6) is 0 Å². The van der Waals surface area contributed by atoms with E-state index >= 15 is 0 Å². The number of carbonyl (C=O) groups excluding carboxylic acids is 1. The summed E-state index contributed by atoms with van der Waals surface area (Å²) in [7, 11) is 0. The van der Waals surface area contributed by atoms with Crippen LogP contribution in [0.1, 0.15) is 15.9 Å². The molecule has 1 heterocycles. The Morgan fingerprint density at radius 1 is 1.15 bits per heavy atom. The van der Waals surface area contributed by atoms with Gasteiger partial charge in [0.15, 0.2) is 0 Å². The number of benzene rings is 1. The van der Waals surface area contributed by atoms with Crippen molar-refractivity contribution in [2.24, 2.45) is 0 Å². The van der Waals surface area contributed by atoms with Crippen LogP contribution in [0.15, 0.2) is 48.7 Å². The quantitative estimate of drug-likeness (QED) is 0.794. The third-order valence-corrected chi connectivity index (χ3v) is 2.54. The summed E-state index contributed by atoms with van der Waals surface area (Å²) in [4.78, 5) is 26.3. The van der Waals surface area contributed by atoms with E-state index in [2.05, 4.69) is 15.6 Å². The summed E-state index contributed by atoms with van der Waals surface area (Å²) < 4.78 is 0. The van der Waals surface area contributed by atoms with Gasteiger partial charge in [-0.15, -0.1) is 0 Å². The largest absolute Gasteiger partial charge is 0.478 e. The van der Waals surface area contributed by atoms with Crippen molar-refractivity contribution in [3.05, 3.63) is 59.8 Å². The van der Waals surface area contributed by atoms with Crippen LogP contribution >= 0.6 is 0 Å². The minimum absolute atomic E-state index is 0.0679. The van der Waals surface area contributed by atoms with Gasteiger partial charge in [-0.25, -0.2) is 14.6 Å². The number of urea groups is 1. The number of carboxylic acid groups (broad SMARTS) is 1. The topological polar surface area (TPSA) is 91.3 Å². The number of aromatic carboxylic acids is 1. The molecule has 1 aromatic heterocycles. The van der Waals surface area contributed by atoms with Gasteiger partial charge in [-0.2, -0.15) is 0 Å². The van der Waals surface area contributed by atoms with E-state index in [9.17, 15) is 9.59 Å². The van der Waals surface area contributed by atoms with E-state index in [4.69, 9.17) is 5.11 Å². The molecule has 1 aromatic carbocycles. The maximum absolute atomic E-state index is 11.7. The number of carbonyl (C=O) groups is 2. The maximum atomic E-state index is 11.7. The van der Waals surface area contributed by atoms with E-state index in [0.717, 1.165) is 5.56 Å². The highest BCUT2D eigenvalue weighted by Gasteiger charge is 2.06. The summed E-state index contributed by atoms with van der Waals surface area (Å²) in [5, 5.41) is 14.0. The van der Waals surface area contributed by atoms with Crippen molar-refractivity contribution in [3.8, 4) is 0 Å². The predicted molar refractivity (Wildman–Crippen MR) is 73.5 cm³/mol. The smallest absolute Gasteiger partial charge is 0.335 e. The van der Waals surface area contributed by atoms with E-state index in [-0.39, 0.29) is 11.4 Å². The normalized spacial score (nSPS) is 9.80. The lowest BCUT2D eigenvalue weighted by Gasteiger charge is -2.07. The molecule has 2 rings (SSSR count). The van der Waals surface area contributed by atoms with Crippen molar-refractivity contribution >= 4 is 17.8 Å². The standard InChI is InChI=1S/C14H13N3O3/c18-13(19)11-6-7-15-12(8-11)17-14(20)16-9-10-4-2-1-3-5-10/h1-8H,9H2,(H,18,19)(H2,15,16,17,20). The highest BCUT2D eigenvalue weighted by atomic mass is 16.4. The number of hydrogen-bond donors (Lipinski definition) is 3. The van der Waals surface area contributed by atoms with Crippen molar-refractivity contribution < 1.29 is 14.7 Å². The lowest BCUT2D eigenvalue weighted by molar-refractivity contribution is 0.0696. The molecule has 102 valence electrons. The van der Waals surface area contributed by atoms with Crippen molar-refractivity contribution in [3.63, 3.8) is 0 Å². The Morgan fingerprint density at radius 2 is 1.90 bits per heavy atom. The van der Waals surface area contributed by atoms with Gasteiger partial charge in [0, 0.05) is 12.7 Å². The fourth-order valence-corrected chi connectivity index (χ4v) is 1.57. The van der Waals surface area contributed by atoms with Crippen LogP contribution in [-0.2, 0) is 6.54 Å². The maximum Gasteiger partial charge on any atom is 0.335 e. The molecule has 0 radical (unpaired) electrons. The number of carboxylic acids is 1. The van der Waals surface area contributed by atoms with Gasteiger partial charge in [-0.1, -0.05) is 30.3 Å². The summed E-state index contributed by atoms with van der Waals surface area (Å²) in [6.07, 6.45) is 1.33. The fourth-order valence-electron chi connectivity index (χ4n) is 1.57. The Kier molecular flexibility index (Phi) is 4.28. The summed E-state index contributed by atoms with van der Waals surface area (Å²) >= 11 is 0. The van der Waals surface area contributed by atoms with Gasteiger partial charge in [0.2, 0.25) is 0 Å². The molecule has 0 aliphatic rings. The van der Waals surface area contributed by atoms with Gasteiger partial charge < -0.3 is 10.4 Å². The molecule has 3 N–H and O–H groups in total. The van der Waals surface area contributed by atoms with Crippen LogP contribution in [0.2, 0.25) is 0 Å². The second kappa shape index (κ2) is 6.33. The van der Waals surface area contributed by atoms with Gasteiger partial charge in [0.25, 0.3) is 0 Å². The molecule has 6 heteroatoms. The van der Waals surface area contributed by atoms with Crippen molar-refractivity contribution in [2.45, 2.75) is 6.54 Å². The number of nitrogens with zero attached hydrogens (tertiary/aromatic N) is 1. The third-order valence-electron chi connectivity index (χ3n) is 2.54. The minimum atomic E-state index is -1.07. The summed E-state index contributed by atoms with van der Waals surface area (Å²) in [6.45, 7) is 0.380. The van der Waals surface area contributed by atoms with Crippen molar-refractivity contribution in [1.82, 2.24) is 10.3 Å². The van der Waals surface area contributed by atoms with Crippen LogP contribution in [0.4, 0.5) is 10.6 Å². The second-order valence-corrected chi connectivity index (χ2v) is 4.03. The number of anilines is 1. The molecule has 2 amide bonds. The molecule has 2 aromatic rings. The molecule has 0 spiro atoms. The molecule has 0 aliphatic heterocycles. The van der Waals surface area contributed by atoms with Gasteiger partial charge in [-0.3, -0.25) is 5.32 Å².